The quantitative estimate of drug-likeness (QED) is 0.452. The van der Waals surface area contributed by atoms with Crippen molar-refractivity contribution in [1.82, 2.24) is 0 Å². The summed E-state index contributed by atoms with van der Waals surface area (Å²) in [4.78, 5) is 9.64. The Labute approximate surface area is 117 Å². The fraction of sp³-hybridized carbons (Fsp3) is 0.417. The number of rotatable bonds is 6. The summed E-state index contributed by atoms with van der Waals surface area (Å²) >= 11 is 0. The van der Waals surface area contributed by atoms with E-state index in [-0.39, 0.29) is 22.9 Å². The van der Waals surface area contributed by atoms with Crippen molar-refractivity contribution in [3.8, 4) is 6.07 Å². The standard InChI is InChI=1S/C12H14N2O5S/c1-9(2)7-11(8-13)19-20(17,18)12-5-3-10(4-6-12)14(15)16/h3-6,9,11H,7H2,1-2H3/t11-/m0/s1. The molecule has 0 spiro atoms. The summed E-state index contributed by atoms with van der Waals surface area (Å²) in [5.74, 6) is 0.103. The lowest BCUT2D eigenvalue weighted by molar-refractivity contribution is -0.384. The molecule has 0 unspecified atom stereocenters. The van der Waals surface area contributed by atoms with Gasteiger partial charge < -0.3 is 0 Å². The van der Waals surface area contributed by atoms with Crippen molar-refractivity contribution in [3.63, 3.8) is 0 Å². The van der Waals surface area contributed by atoms with E-state index in [9.17, 15) is 18.5 Å². The average Bonchev–Trinajstić information content (AvgIpc) is 2.37. The van der Waals surface area contributed by atoms with Gasteiger partial charge in [-0.25, -0.2) is 4.18 Å². The Balaban J connectivity index is 2.93. The van der Waals surface area contributed by atoms with Gasteiger partial charge in [0.2, 0.25) is 0 Å². The first-order chi connectivity index (χ1) is 9.26. The van der Waals surface area contributed by atoms with E-state index in [1.807, 2.05) is 13.8 Å². The predicted octanol–water partition coefficient (Wildman–Crippen LogP) is 2.24. The molecule has 0 aromatic heterocycles. The molecule has 0 N–H and O–H groups in total. The van der Waals surface area contributed by atoms with Crippen LogP contribution in [0.5, 0.6) is 0 Å². The average molecular weight is 298 g/mol. The van der Waals surface area contributed by atoms with Gasteiger partial charge >= 0.3 is 0 Å². The minimum atomic E-state index is -4.10. The summed E-state index contributed by atoms with van der Waals surface area (Å²) < 4.78 is 28.7. The van der Waals surface area contributed by atoms with Crippen LogP contribution in [0.15, 0.2) is 29.2 Å². The van der Waals surface area contributed by atoms with Crippen molar-refractivity contribution in [2.24, 2.45) is 5.92 Å². The summed E-state index contributed by atoms with van der Waals surface area (Å²) in [7, 11) is -4.10. The number of benzene rings is 1. The maximum absolute atomic E-state index is 11.9. The van der Waals surface area contributed by atoms with Gasteiger partial charge in [0.1, 0.15) is 0 Å². The molecule has 20 heavy (non-hydrogen) atoms. The molecule has 0 bridgehead atoms. The first kappa shape index (κ1) is 16.1. The molecular formula is C12H14N2O5S. The fourth-order valence-corrected chi connectivity index (χ4v) is 2.49. The molecule has 0 saturated carbocycles. The van der Waals surface area contributed by atoms with Gasteiger partial charge in [-0.1, -0.05) is 13.8 Å². The molecule has 0 fully saturated rings. The second kappa shape index (κ2) is 6.45. The van der Waals surface area contributed by atoms with Gasteiger partial charge in [0.05, 0.1) is 15.9 Å². The molecule has 0 aliphatic carbocycles. The van der Waals surface area contributed by atoms with E-state index < -0.39 is 21.1 Å². The van der Waals surface area contributed by atoms with Crippen LogP contribution in [0.3, 0.4) is 0 Å². The van der Waals surface area contributed by atoms with Crippen molar-refractivity contribution < 1.29 is 17.5 Å². The summed E-state index contributed by atoms with van der Waals surface area (Å²) in [5, 5.41) is 19.4. The third-order valence-corrected chi connectivity index (χ3v) is 3.74. The van der Waals surface area contributed by atoms with Crippen molar-refractivity contribution >= 4 is 15.8 Å². The Hall–Kier alpha value is -1.98. The molecule has 0 radical (unpaired) electrons. The minimum Gasteiger partial charge on any atom is -0.258 e. The lowest BCUT2D eigenvalue weighted by Gasteiger charge is -2.12. The van der Waals surface area contributed by atoms with E-state index in [2.05, 4.69) is 0 Å². The smallest absolute Gasteiger partial charge is 0.258 e. The zero-order chi connectivity index (χ0) is 15.3. The fourth-order valence-electron chi connectivity index (χ4n) is 1.48. The van der Waals surface area contributed by atoms with E-state index in [4.69, 9.17) is 9.44 Å². The van der Waals surface area contributed by atoms with Gasteiger partial charge in [-0.3, -0.25) is 10.1 Å². The van der Waals surface area contributed by atoms with Crippen LogP contribution in [0.2, 0.25) is 0 Å². The van der Waals surface area contributed by atoms with Crippen molar-refractivity contribution in [1.29, 1.82) is 5.26 Å². The molecule has 0 heterocycles. The predicted molar refractivity (Wildman–Crippen MR) is 70.2 cm³/mol. The van der Waals surface area contributed by atoms with E-state index in [0.29, 0.717) is 0 Å². The molecule has 7 nitrogen and oxygen atoms in total. The van der Waals surface area contributed by atoms with Gasteiger partial charge in [0.15, 0.2) is 6.10 Å². The Kier molecular flexibility index (Phi) is 5.19. The van der Waals surface area contributed by atoms with Crippen LogP contribution >= 0.6 is 0 Å². The third-order valence-electron chi connectivity index (χ3n) is 2.41. The first-order valence-corrected chi connectivity index (χ1v) is 7.24. The lowest BCUT2D eigenvalue weighted by atomic mass is 10.1. The van der Waals surface area contributed by atoms with Crippen molar-refractivity contribution in [2.45, 2.75) is 31.3 Å². The summed E-state index contributed by atoms with van der Waals surface area (Å²) in [5.41, 5.74) is -0.219. The van der Waals surface area contributed by atoms with E-state index in [1.165, 1.54) is 0 Å². The Morgan fingerprint density at radius 2 is 1.90 bits per heavy atom. The van der Waals surface area contributed by atoms with Crippen LogP contribution in [0, 0.1) is 27.4 Å². The molecule has 0 aliphatic rings. The van der Waals surface area contributed by atoms with Crippen LogP contribution in [-0.2, 0) is 14.3 Å². The number of nitro benzene ring substituents is 1. The normalized spacial score (nSPS) is 12.9. The van der Waals surface area contributed by atoms with Gasteiger partial charge in [-0.2, -0.15) is 13.7 Å². The second-order valence-corrected chi connectivity index (χ2v) is 6.12. The molecule has 8 heteroatoms. The Morgan fingerprint density at radius 3 is 2.30 bits per heavy atom. The molecule has 0 aliphatic heterocycles. The number of nitrogens with zero attached hydrogens (tertiary/aromatic N) is 2. The molecule has 1 aromatic rings. The monoisotopic (exact) mass is 298 g/mol. The number of non-ortho nitro benzene ring substituents is 1. The van der Waals surface area contributed by atoms with Gasteiger partial charge in [-0.15, -0.1) is 0 Å². The molecule has 0 saturated heterocycles. The third kappa shape index (κ3) is 4.29. The van der Waals surface area contributed by atoms with Crippen LogP contribution in [0.25, 0.3) is 0 Å². The largest absolute Gasteiger partial charge is 0.298 e. The summed E-state index contributed by atoms with van der Waals surface area (Å²) in [6.45, 7) is 3.68. The minimum absolute atomic E-state index is 0.103. The SMILES string of the molecule is CC(C)C[C@@H](C#N)OS(=O)(=O)c1ccc([N+](=O)[O-])cc1. The highest BCUT2D eigenvalue weighted by Gasteiger charge is 2.23. The highest BCUT2D eigenvalue weighted by atomic mass is 32.2. The first-order valence-electron chi connectivity index (χ1n) is 5.83. The van der Waals surface area contributed by atoms with Crippen LogP contribution in [-0.4, -0.2) is 19.4 Å². The topological polar surface area (TPSA) is 110 Å². The van der Waals surface area contributed by atoms with Crippen LogP contribution in [0.1, 0.15) is 20.3 Å². The van der Waals surface area contributed by atoms with E-state index >= 15 is 0 Å². The highest BCUT2D eigenvalue weighted by Crippen LogP contribution is 2.20. The van der Waals surface area contributed by atoms with Crippen LogP contribution in [0.4, 0.5) is 5.69 Å². The van der Waals surface area contributed by atoms with Gasteiger partial charge in [-0.05, 0) is 24.5 Å². The Morgan fingerprint density at radius 1 is 1.35 bits per heavy atom. The van der Waals surface area contributed by atoms with Crippen LogP contribution < -0.4 is 0 Å². The maximum Gasteiger partial charge on any atom is 0.298 e. The second-order valence-electron chi connectivity index (χ2n) is 4.55. The number of nitro groups is 1. The lowest BCUT2D eigenvalue weighted by Crippen LogP contribution is -2.19. The van der Waals surface area contributed by atoms with Gasteiger partial charge in [0.25, 0.3) is 15.8 Å². The maximum atomic E-state index is 11.9. The number of hydrogen-bond donors (Lipinski definition) is 0. The highest BCUT2D eigenvalue weighted by molar-refractivity contribution is 7.86. The molecule has 1 atom stereocenters. The summed E-state index contributed by atoms with van der Waals surface area (Å²) in [6, 6.07) is 6.08. The van der Waals surface area contributed by atoms with E-state index in [0.717, 1.165) is 24.3 Å². The zero-order valence-electron chi connectivity index (χ0n) is 11.0. The molecular weight excluding hydrogens is 284 g/mol. The molecule has 0 amide bonds. The van der Waals surface area contributed by atoms with E-state index in [1.54, 1.807) is 6.07 Å². The summed E-state index contributed by atoms with van der Waals surface area (Å²) in [6.07, 6.45) is -0.793. The number of nitriles is 1. The molecule has 1 rings (SSSR count). The molecule has 1 aromatic carbocycles. The zero-order valence-corrected chi connectivity index (χ0v) is 11.8. The van der Waals surface area contributed by atoms with Gasteiger partial charge in [0, 0.05) is 12.1 Å². The van der Waals surface area contributed by atoms with Crippen molar-refractivity contribution in [2.75, 3.05) is 0 Å². The number of hydrogen-bond acceptors (Lipinski definition) is 6. The Bertz CT molecular complexity index is 616. The van der Waals surface area contributed by atoms with Crippen molar-refractivity contribution in [3.05, 3.63) is 34.4 Å². The molecule has 108 valence electrons.